The number of nitrogens with zero attached hydrogens (tertiary/aromatic N) is 1. The van der Waals surface area contributed by atoms with Crippen molar-refractivity contribution in [3.63, 3.8) is 0 Å². The molecule has 2 aromatic rings. The van der Waals surface area contributed by atoms with Crippen LogP contribution in [0.4, 0.5) is 14.5 Å². The van der Waals surface area contributed by atoms with Crippen LogP contribution in [0.5, 0.6) is 11.5 Å². The molecule has 0 aliphatic carbocycles. The Bertz CT molecular complexity index is 720. The molecule has 2 aromatic carbocycles. The molecular formula is C18H17F2NO3. The molecule has 0 bridgehead atoms. The van der Waals surface area contributed by atoms with Gasteiger partial charge in [-0.05, 0) is 36.4 Å². The summed E-state index contributed by atoms with van der Waals surface area (Å²) in [5, 5.41) is 8.95. The first kappa shape index (κ1) is 16.2. The number of alkyl halides is 1. The number of ether oxygens (including phenoxy) is 1. The molecule has 2 unspecified atom stereocenters. The lowest BCUT2D eigenvalue weighted by molar-refractivity contribution is -0.137. The van der Waals surface area contributed by atoms with Gasteiger partial charge in [0.25, 0.3) is 0 Å². The number of carbonyl (C=O) groups is 1. The third kappa shape index (κ3) is 3.64. The third-order valence-corrected chi connectivity index (χ3v) is 4.01. The van der Waals surface area contributed by atoms with Crippen LogP contribution < -0.4 is 9.64 Å². The maximum Gasteiger partial charge on any atom is 0.305 e. The molecule has 24 heavy (non-hydrogen) atoms. The molecule has 3 rings (SSSR count). The summed E-state index contributed by atoms with van der Waals surface area (Å²) < 4.78 is 32.7. The highest BCUT2D eigenvalue weighted by Gasteiger charge is 2.33. The summed E-state index contributed by atoms with van der Waals surface area (Å²) in [4.78, 5) is 12.7. The van der Waals surface area contributed by atoms with E-state index in [0.29, 0.717) is 5.75 Å². The fourth-order valence-corrected chi connectivity index (χ4v) is 2.93. The van der Waals surface area contributed by atoms with Gasteiger partial charge in [-0.3, -0.25) is 4.79 Å². The van der Waals surface area contributed by atoms with Crippen molar-refractivity contribution in [2.24, 2.45) is 0 Å². The van der Waals surface area contributed by atoms with E-state index in [1.807, 2.05) is 0 Å². The highest BCUT2D eigenvalue weighted by atomic mass is 19.1. The van der Waals surface area contributed by atoms with Crippen molar-refractivity contribution in [3.8, 4) is 11.5 Å². The first-order valence-electron chi connectivity index (χ1n) is 7.68. The summed E-state index contributed by atoms with van der Waals surface area (Å²) in [6.45, 7) is 0.172. The van der Waals surface area contributed by atoms with E-state index in [4.69, 9.17) is 9.84 Å². The average Bonchev–Trinajstić information content (AvgIpc) is 2.90. The molecule has 2 atom stereocenters. The van der Waals surface area contributed by atoms with Crippen LogP contribution in [0.3, 0.4) is 0 Å². The summed E-state index contributed by atoms with van der Waals surface area (Å²) in [7, 11) is 0. The Balaban J connectivity index is 1.74. The van der Waals surface area contributed by atoms with Crippen molar-refractivity contribution >= 4 is 11.7 Å². The zero-order chi connectivity index (χ0) is 17.1. The monoisotopic (exact) mass is 333 g/mol. The van der Waals surface area contributed by atoms with E-state index in [9.17, 15) is 13.6 Å². The molecule has 4 nitrogen and oxygen atoms in total. The number of hydrogen-bond donors (Lipinski definition) is 1. The van der Waals surface area contributed by atoms with Crippen LogP contribution in [0.25, 0.3) is 0 Å². The fraction of sp³-hybridized carbons (Fsp3) is 0.278. The first-order chi connectivity index (χ1) is 11.5. The van der Waals surface area contributed by atoms with Crippen molar-refractivity contribution in [2.75, 3.05) is 11.4 Å². The number of aliphatic carboxylic acids is 1. The molecule has 0 saturated carbocycles. The third-order valence-electron chi connectivity index (χ3n) is 4.01. The van der Waals surface area contributed by atoms with Crippen LogP contribution in [0.1, 0.15) is 12.8 Å². The Morgan fingerprint density at radius 3 is 2.58 bits per heavy atom. The number of para-hydroxylation sites is 1. The molecule has 0 aromatic heterocycles. The average molecular weight is 333 g/mol. The van der Waals surface area contributed by atoms with Gasteiger partial charge in [-0.1, -0.05) is 12.1 Å². The second-order valence-corrected chi connectivity index (χ2v) is 5.76. The van der Waals surface area contributed by atoms with E-state index in [0.717, 1.165) is 5.69 Å². The molecule has 126 valence electrons. The summed E-state index contributed by atoms with van der Waals surface area (Å²) >= 11 is 0. The van der Waals surface area contributed by atoms with E-state index >= 15 is 0 Å². The minimum absolute atomic E-state index is 0.103. The SMILES string of the molecule is O=C(O)CC1CC(F)CN1c1ccc(Oc2ccccc2F)cc1. The summed E-state index contributed by atoms with van der Waals surface area (Å²) in [5.74, 6) is -0.824. The molecular weight excluding hydrogens is 316 g/mol. The van der Waals surface area contributed by atoms with Crippen LogP contribution in [0, 0.1) is 5.82 Å². The quantitative estimate of drug-likeness (QED) is 0.898. The maximum absolute atomic E-state index is 13.7. The minimum atomic E-state index is -1.04. The summed E-state index contributed by atoms with van der Waals surface area (Å²) in [6.07, 6.45) is -0.933. The van der Waals surface area contributed by atoms with Crippen LogP contribution in [-0.4, -0.2) is 29.8 Å². The summed E-state index contributed by atoms with van der Waals surface area (Å²) in [6, 6.07) is 12.5. The van der Waals surface area contributed by atoms with Crippen molar-refractivity contribution in [2.45, 2.75) is 25.1 Å². The Hall–Kier alpha value is -2.63. The van der Waals surface area contributed by atoms with Crippen molar-refractivity contribution in [1.29, 1.82) is 0 Å². The zero-order valence-electron chi connectivity index (χ0n) is 12.9. The molecule has 6 heteroatoms. The number of benzene rings is 2. The van der Waals surface area contributed by atoms with E-state index in [1.54, 1.807) is 41.3 Å². The lowest BCUT2D eigenvalue weighted by Crippen LogP contribution is -2.31. The number of halogens is 2. The van der Waals surface area contributed by atoms with Gasteiger partial charge in [-0.2, -0.15) is 0 Å². The predicted octanol–water partition coefficient (Wildman–Crippen LogP) is 4.01. The first-order valence-corrected chi connectivity index (χ1v) is 7.68. The van der Waals surface area contributed by atoms with Gasteiger partial charge in [0, 0.05) is 24.7 Å². The van der Waals surface area contributed by atoms with Crippen LogP contribution >= 0.6 is 0 Å². The highest BCUT2D eigenvalue weighted by molar-refractivity contribution is 5.69. The van der Waals surface area contributed by atoms with Crippen molar-refractivity contribution < 1.29 is 23.4 Å². The Kier molecular flexibility index (Phi) is 4.64. The van der Waals surface area contributed by atoms with Crippen LogP contribution in [0.2, 0.25) is 0 Å². The standard InChI is InChI=1S/C18H17F2NO3/c19-12-9-14(10-18(22)23)21(11-12)13-5-7-15(8-6-13)24-17-4-2-1-3-16(17)20/h1-8,12,14H,9-11H2,(H,22,23). The Morgan fingerprint density at radius 1 is 1.21 bits per heavy atom. The van der Waals surface area contributed by atoms with Gasteiger partial charge in [0.1, 0.15) is 11.9 Å². The van der Waals surface area contributed by atoms with Gasteiger partial charge in [0.15, 0.2) is 11.6 Å². The number of anilines is 1. The van der Waals surface area contributed by atoms with Gasteiger partial charge >= 0.3 is 5.97 Å². The van der Waals surface area contributed by atoms with Crippen molar-refractivity contribution in [3.05, 3.63) is 54.3 Å². The fourth-order valence-electron chi connectivity index (χ4n) is 2.93. The number of carboxylic acids is 1. The molecule has 1 aliphatic rings. The number of rotatable bonds is 5. The minimum Gasteiger partial charge on any atom is -0.481 e. The second-order valence-electron chi connectivity index (χ2n) is 5.76. The van der Waals surface area contributed by atoms with Crippen molar-refractivity contribution in [1.82, 2.24) is 0 Å². The Morgan fingerprint density at radius 2 is 1.92 bits per heavy atom. The molecule has 1 N–H and O–H groups in total. The van der Waals surface area contributed by atoms with Gasteiger partial charge < -0.3 is 14.7 Å². The second kappa shape index (κ2) is 6.86. The largest absolute Gasteiger partial charge is 0.481 e. The Labute approximate surface area is 138 Å². The van der Waals surface area contributed by atoms with Crippen LogP contribution in [-0.2, 0) is 4.79 Å². The van der Waals surface area contributed by atoms with Gasteiger partial charge in [-0.15, -0.1) is 0 Å². The normalized spacial score (nSPS) is 20.2. The molecule has 1 fully saturated rings. The molecule has 1 aliphatic heterocycles. The summed E-state index contributed by atoms with van der Waals surface area (Å²) in [5.41, 5.74) is 0.724. The van der Waals surface area contributed by atoms with E-state index < -0.39 is 18.0 Å². The van der Waals surface area contributed by atoms with Gasteiger partial charge in [0.05, 0.1) is 6.42 Å². The number of carboxylic acid groups (broad SMARTS) is 1. The number of hydrogen-bond acceptors (Lipinski definition) is 3. The predicted molar refractivity (Wildman–Crippen MR) is 85.8 cm³/mol. The smallest absolute Gasteiger partial charge is 0.305 e. The molecule has 0 radical (unpaired) electrons. The van der Waals surface area contributed by atoms with E-state index in [2.05, 4.69) is 0 Å². The van der Waals surface area contributed by atoms with Gasteiger partial charge in [-0.25, -0.2) is 8.78 Å². The lowest BCUT2D eigenvalue weighted by Gasteiger charge is -2.25. The van der Waals surface area contributed by atoms with Gasteiger partial charge in [0.2, 0.25) is 0 Å². The zero-order valence-corrected chi connectivity index (χ0v) is 12.9. The maximum atomic E-state index is 13.7. The lowest BCUT2D eigenvalue weighted by atomic mass is 10.1. The molecule has 1 saturated heterocycles. The van der Waals surface area contributed by atoms with E-state index in [-0.39, 0.29) is 31.2 Å². The molecule has 1 heterocycles. The highest BCUT2D eigenvalue weighted by Crippen LogP contribution is 2.31. The van der Waals surface area contributed by atoms with E-state index in [1.165, 1.54) is 12.1 Å². The van der Waals surface area contributed by atoms with Crippen LogP contribution in [0.15, 0.2) is 48.5 Å². The molecule has 0 amide bonds. The topological polar surface area (TPSA) is 49.8 Å². The molecule has 0 spiro atoms.